The first-order valence-corrected chi connectivity index (χ1v) is 5.28. The Morgan fingerprint density at radius 3 is 2.47 bits per heavy atom. The maximum absolute atomic E-state index is 11.8. The second kappa shape index (κ2) is 4.13. The molecule has 0 aliphatic heterocycles. The topological polar surface area (TPSA) is 34.1 Å². The average Bonchev–Trinajstić information content (AvgIpc) is 2.11. The molecule has 1 aliphatic rings. The molecule has 0 spiro atoms. The van der Waals surface area contributed by atoms with E-state index in [1.165, 1.54) is 12.5 Å². The van der Waals surface area contributed by atoms with Gasteiger partial charge in [0.05, 0.1) is 0 Å². The second-order valence-electron chi connectivity index (χ2n) is 4.69. The highest BCUT2D eigenvalue weighted by atomic mass is 16.1. The van der Waals surface area contributed by atoms with E-state index in [0.717, 1.165) is 12.0 Å². The lowest BCUT2D eigenvalue weighted by atomic mass is 9.71. The van der Waals surface area contributed by atoms with Crippen LogP contribution in [0.3, 0.4) is 0 Å². The second-order valence-corrected chi connectivity index (χ2v) is 4.69. The molecule has 2 heteroatoms. The summed E-state index contributed by atoms with van der Waals surface area (Å²) < 4.78 is 0. The van der Waals surface area contributed by atoms with Gasteiger partial charge in [0.1, 0.15) is 5.78 Å². The van der Waals surface area contributed by atoms with E-state index in [-0.39, 0.29) is 11.6 Å². The standard InChI is InChI=1S/C13H18O2/c1-9-5-8-12(15)13(3,4)11(9)7-6-10(2)14/h6-7H,5,8H2,1-4H3. The van der Waals surface area contributed by atoms with Crippen molar-refractivity contribution in [3.8, 4) is 0 Å². The summed E-state index contributed by atoms with van der Waals surface area (Å²) >= 11 is 0. The van der Waals surface area contributed by atoms with E-state index < -0.39 is 5.41 Å². The van der Waals surface area contributed by atoms with Crippen molar-refractivity contribution in [2.45, 2.75) is 40.5 Å². The van der Waals surface area contributed by atoms with Crippen molar-refractivity contribution < 1.29 is 9.59 Å². The predicted molar refractivity (Wildman–Crippen MR) is 60.5 cm³/mol. The zero-order valence-corrected chi connectivity index (χ0v) is 9.89. The molecule has 0 aromatic heterocycles. The molecule has 0 aromatic rings. The Kier molecular flexibility index (Phi) is 3.28. The van der Waals surface area contributed by atoms with Gasteiger partial charge in [-0.05, 0) is 45.8 Å². The largest absolute Gasteiger partial charge is 0.299 e. The fourth-order valence-corrected chi connectivity index (χ4v) is 1.98. The van der Waals surface area contributed by atoms with E-state index >= 15 is 0 Å². The molecule has 0 atom stereocenters. The minimum absolute atomic E-state index is 0.0177. The van der Waals surface area contributed by atoms with Crippen LogP contribution in [0.1, 0.15) is 40.5 Å². The van der Waals surface area contributed by atoms with Crippen molar-refractivity contribution in [3.63, 3.8) is 0 Å². The third kappa shape index (κ3) is 2.44. The summed E-state index contributed by atoms with van der Waals surface area (Å²) in [5.41, 5.74) is 1.79. The molecule has 0 radical (unpaired) electrons. The number of carbonyl (C=O) groups excluding carboxylic acids is 2. The van der Waals surface area contributed by atoms with Gasteiger partial charge in [0, 0.05) is 11.8 Å². The minimum atomic E-state index is -0.436. The van der Waals surface area contributed by atoms with Gasteiger partial charge < -0.3 is 0 Å². The van der Waals surface area contributed by atoms with Crippen LogP contribution in [0.4, 0.5) is 0 Å². The summed E-state index contributed by atoms with van der Waals surface area (Å²) in [5, 5.41) is 0. The van der Waals surface area contributed by atoms with Crippen LogP contribution >= 0.6 is 0 Å². The van der Waals surface area contributed by atoms with Crippen LogP contribution < -0.4 is 0 Å². The highest BCUT2D eigenvalue weighted by Gasteiger charge is 2.34. The van der Waals surface area contributed by atoms with E-state index in [2.05, 4.69) is 0 Å². The molecule has 0 unspecified atom stereocenters. The normalized spacial score (nSPS) is 21.2. The van der Waals surface area contributed by atoms with Crippen molar-refractivity contribution in [1.82, 2.24) is 0 Å². The van der Waals surface area contributed by atoms with E-state index in [1.807, 2.05) is 20.8 Å². The van der Waals surface area contributed by atoms with Gasteiger partial charge in [0.2, 0.25) is 0 Å². The predicted octanol–water partition coefficient (Wildman–Crippen LogP) is 2.84. The zero-order valence-electron chi connectivity index (χ0n) is 9.89. The molecule has 0 fully saturated rings. The SMILES string of the molecule is CC(=O)C=CC1=C(C)CCC(=O)C1(C)C. The van der Waals surface area contributed by atoms with Gasteiger partial charge in [-0.2, -0.15) is 0 Å². The summed E-state index contributed by atoms with van der Waals surface area (Å²) in [6.07, 6.45) is 4.78. The molecule has 82 valence electrons. The third-order valence-electron chi connectivity index (χ3n) is 3.04. The number of hydrogen-bond donors (Lipinski definition) is 0. The van der Waals surface area contributed by atoms with E-state index in [9.17, 15) is 9.59 Å². The Hall–Kier alpha value is -1.18. The Morgan fingerprint density at radius 2 is 1.93 bits per heavy atom. The van der Waals surface area contributed by atoms with Gasteiger partial charge in [-0.1, -0.05) is 11.6 Å². The van der Waals surface area contributed by atoms with Crippen molar-refractivity contribution in [3.05, 3.63) is 23.3 Å². The fourth-order valence-electron chi connectivity index (χ4n) is 1.98. The molecule has 1 aliphatic carbocycles. The van der Waals surface area contributed by atoms with Crippen molar-refractivity contribution >= 4 is 11.6 Å². The van der Waals surface area contributed by atoms with Crippen LogP contribution in [0.25, 0.3) is 0 Å². The maximum Gasteiger partial charge on any atom is 0.152 e. The quantitative estimate of drug-likeness (QED) is 0.651. The van der Waals surface area contributed by atoms with Crippen LogP contribution in [-0.4, -0.2) is 11.6 Å². The summed E-state index contributed by atoms with van der Waals surface area (Å²) in [6.45, 7) is 7.41. The average molecular weight is 206 g/mol. The number of rotatable bonds is 2. The Balaban J connectivity index is 3.10. The smallest absolute Gasteiger partial charge is 0.152 e. The van der Waals surface area contributed by atoms with Crippen LogP contribution in [0.15, 0.2) is 23.3 Å². The first-order valence-electron chi connectivity index (χ1n) is 5.28. The fraction of sp³-hybridized carbons (Fsp3) is 0.538. The van der Waals surface area contributed by atoms with Gasteiger partial charge in [-0.25, -0.2) is 0 Å². The molecule has 0 amide bonds. The maximum atomic E-state index is 11.8. The Labute approximate surface area is 91.1 Å². The van der Waals surface area contributed by atoms with Crippen LogP contribution in [0, 0.1) is 5.41 Å². The highest BCUT2D eigenvalue weighted by Crippen LogP contribution is 2.38. The number of carbonyl (C=O) groups is 2. The molecule has 0 saturated carbocycles. The summed E-state index contributed by atoms with van der Waals surface area (Å²) in [7, 11) is 0. The molecular weight excluding hydrogens is 188 g/mol. The van der Waals surface area contributed by atoms with Gasteiger partial charge in [-0.3, -0.25) is 9.59 Å². The van der Waals surface area contributed by atoms with Gasteiger partial charge >= 0.3 is 0 Å². The zero-order chi connectivity index (χ0) is 11.6. The molecule has 1 rings (SSSR count). The summed E-state index contributed by atoms with van der Waals surface area (Å²) in [6, 6.07) is 0. The molecule has 2 nitrogen and oxygen atoms in total. The van der Waals surface area contributed by atoms with Crippen molar-refractivity contribution in [1.29, 1.82) is 0 Å². The Bertz CT molecular complexity index is 357. The Morgan fingerprint density at radius 1 is 1.33 bits per heavy atom. The van der Waals surface area contributed by atoms with E-state index in [1.54, 1.807) is 12.2 Å². The lowest BCUT2D eigenvalue weighted by Gasteiger charge is -2.31. The minimum Gasteiger partial charge on any atom is -0.299 e. The van der Waals surface area contributed by atoms with E-state index in [0.29, 0.717) is 6.42 Å². The first kappa shape index (κ1) is 11.9. The molecule has 0 bridgehead atoms. The molecule has 0 saturated heterocycles. The van der Waals surface area contributed by atoms with Gasteiger partial charge in [0.25, 0.3) is 0 Å². The molecular formula is C13H18O2. The number of allylic oxidation sites excluding steroid dienone is 4. The number of Topliss-reactive ketones (excluding diaryl/α,β-unsaturated/α-hetero) is 1. The van der Waals surface area contributed by atoms with Crippen molar-refractivity contribution in [2.75, 3.05) is 0 Å². The van der Waals surface area contributed by atoms with E-state index in [4.69, 9.17) is 0 Å². The third-order valence-corrected chi connectivity index (χ3v) is 3.04. The van der Waals surface area contributed by atoms with Crippen LogP contribution in [-0.2, 0) is 9.59 Å². The van der Waals surface area contributed by atoms with Gasteiger partial charge in [0.15, 0.2) is 5.78 Å². The number of ketones is 2. The lowest BCUT2D eigenvalue weighted by Crippen LogP contribution is -2.30. The molecule has 15 heavy (non-hydrogen) atoms. The molecule has 0 aromatic carbocycles. The monoisotopic (exact) mass is 206 g/mol. The number of hydrogen-bond acceptors (Lipinski definition) is 2. The summed E-state index contributed by atoms with van der Waals surface area (Å²) in [5.74, 6) is 0.278. The lowest BCUT2D eigenvalue weighted by molar-refractivity contribution is -0.125. The molecule has 0 heterocycles. The highest BCUT2D eigenvalue weighted by molar-refractivity contribution is 5.91. The summed E-state index contributed by atoms with van der Waals surface area (Å²) in [4.78, 5) is 22.7. The van der Waals surface area contributed by atoms with Crippen LogP contribution in [0.2, 0.25) is 0 Å². The molecule has 0 N–H and O–H groups in total. The van der Waals surface area contributed by atoms with Crippen molar-refractivity contribution in [2.24, 2.45) is 5.41 Å². The van der Waals surface area contributed by atoms with Crippen LogP contribution in [0.5, 0.6) is 0 Å². The van der Waals surface area contributed by atoms with Gasteiger partial charge in [-0.15, -0.1) is 0 Å². The first-order chi connectivity index (χ1) is 6.85.